The van der Waals surface area contributed by atoms with Crippen molar-refractivity contribution in [3.63, 3.8) is 0 Å². The third-order valence-electron chi connectivity index (χ3n) is 4.99. The van der Waals surface area contributed by atoms with Gasteiger partial charge in [0, 0.05) is 24.5 Å². The van der Waals surface area contributed by atoms with E-state index in [0.717, 1.165) is 55.5 Å². The van der Waals surface area contributed by atoms with E-state index in [-0.39, 0.29) is 12.5 Å². The summed E-state index contributed by atoms with van der Waals surface area (Å²) in [4.78, 5) is 17.9. The summed E-state index contributed by atoms with van der Waals surface area (Å²) in [5.41, 5.74) is 1.93. The Balaban J connectivity index is 1.32. The number of benzene rings is 1. The second-order valence-electron chi connectivity index (χ2n) is 7.38. The summed E-state index contributed by atoms with van der Waals surface area (Å²) in [6, 6.07) is 11.9. The number of aromatic nitrogens is 2. The molecule has 1 fully saturated rings. The second kappa shape index (κ2) is 10.5. The number of ether oxygens (including phenoxy) is 1. The Morgan fingerprint density at radius 3 is 2.71 bits per heavy atom. The summed E-state index contributed by atoms with van der Waals surface area (Å²) in [6.07, 6.45) is 0.924. The molecule has 1 aliphatic heterocycles. The summed E-state index contributed by atoms with van der Waals surface area (Å²) in [5, 5.41) is 13.2. The molecular weight excluding hydrogens is 414 g/mol. The van der Waals surface area contributed by atoms with Crippen molar-refractivity contribution in [3.8, 4) is 10.8 Å². The van der Waals surface area contributed by atoms with Crippen molar-refractivity contribution in [1.82, 2.24) is 15.1 Å². The number of hydrogen-bond donors (Lipinski definition) is 1. The number of nitrogens with zero attached hydrogens (tertiary/aromatic N) is 4. The van der Waals surface area contributed by atoms with Gasteiger partial charge in [0.2, 0.25) is 11.8 Å². The number of anilines is 2. The lowest BCUT2D eigenvalue weighted by molar-refractivity contribution is -0.117. The van der Waals surface area contributed by atoms with Gasteiger partial charge in [-0.1, -0.05) is 13.0 Å². The first-order valence-electron chi connectivity index (χ1n) is 10.5. The van der Waals surface area contributed by atoms with Gasteiger partial charge in [0.05, 0.1) is 31.2 Å². The van der Waals surface area contributed by atoms with Gasteiger partial charge in [0.1, 0.15) is 0 Å². The highest BCUT2D eigenvalue weighted by Crippen LogP contribution is 2.23. The SMILES string of the molecule is CCCN(CC(=O)Nc1ccc(N2CCOCC2)cc1)Cc1nnc(-c2cccs2)o1. The van der Waals surface area contributed by atoms with Gasteiger partial charge in [0.15, 0.2) is 0 Å². The number of rotatable bonds is 9. The predicted molar refractivity (Wildman–Crippen MR) is 121 cm³/mol. The van der Waals surface area contributed by atoms with E-state index in [1.165, 1.54) is 0 Å². The largest absolute Gasteiger partial charge is 0.419 e. The third-order valence-corrected chi connectivity index (χ3v) is 5.85. The van der Waals surface area contributed by atoms with Gasteiger partial charge in [0.25, 0.3) is 5.89 Å². The number of carbonyl (C=O) groups excluding carboxylic acids is 1. The van der Waals surface area contributed by atoms with Crippen LogP contribution in [0.2, 0.25) is 0 Å². The number of nitrogens with one attached hydrogen (secondary N) is 1. The number of morpholine rings is 1. The number of hydrogen-bond acceptors (Lipinski definition) is 8. The van der Waals surface area contributed by atoms with Crippen LogP contribution in [0.3, 0.4) is 0 Å². The Morgan fingerprint density at radius 1 is 1.19 bits per heavy atom. The molecule has 3 heterocycles. The second-order valence-corrected chi connectivity index (χ2v) is 8.33. The molecule has 0 atom stereocenters. The highest BCUT2D eigenvalue weighted by atomic mass is 32.1. The molecule has 0 radical (unpaired) electrons. The first kappa shape index (κ1) is 21.5. The summed E-state index contributed by atoms with van der Waals surface area (Å²) in [5.74, 6) is 0.969. The molecule has 1 aromatic carbocycles. The zero-order valence-corrected chi connectivity index (χ0v) is 18.4. The van der Waals surface area contributed by atoms with Crippen LogP contribution in [0.5, 0.6) is 0 Å². The fourth-order valence-electron chi connectivity index (χ4n) is 3.52. The van der Waals surface area contributed by atoms with Crippen LogP contribution < -0.4 is 10.2 Å². The molecule has 4 rings (SSSR count). The van der Waals surface area contributed by atoms with Crippen LogP contribution >= 0.6 is 11.3 Å². The predicted octanol–water partition coefficient (Wildman–Crippen LogP) is 3.49. The highest BCUT2D eigenvalue weighted by molar-refractivity contribution is 7.13. The Kier molecular flexibility index (Phi) is 7.29. The van der Waals surface area contributed by atoms with Crippen molar-refractivity contribution in [2.75, 3.05) is 49.6 Å². The van der Waals surface area contributed by atoms with Crippen LogP contribution in [0.15, 0.2) is 46.2 Å². The highest BCUT2D eigenvalue weighted by Gasteiger charge is 2.16. The summed E-state index contributed by atoms with van der Waals surface area (Å²) in [7, 11) is 0. The van der Waals surface area contributed by atoms with E-state index in [9.17, 15) is 4.79 Å². The monoisotopic (exact) mass is 441 g/mol. The first-order valence-corrected chi connectivity index (χ1v) is 11.4. The molecule has 9 heteroatoms. The molecule has 0 unspecified atom stereocenters. The quantitative estimate of drug-likeness (QED) is 0.544. The molecule has 1 saturated heterocycles. The molecule has 0 spiro atoms. The van der Waals surface area contributed by atoms with Gasteiger partial charge >= 0.3 is 0 Å². The average molecular weight is 442 g/mol. The smallest absolute Gasteiger partial charge is 0.257 e. The lowest BCUT2D eigenvalue weighted by Crippen LogP contribution is -2.36. The van der Waals surface area contributed by atoms with Crippen LogP contribution in [0.25, 0.3) is 10.8 Å². The molecule has 2 aromatic heterocycles. The van der Waals surface area contributed by atoms with Crippen molar-refractivity contribution in [1.29, 1.82) is 0 Å². The topological polar surface area (TPSA) is 83.7 Å². The fraction of sp³-hybridized carbons (Fsp3) is 0.409. The van der Waals surface area contributed by atoms with Gasteiger partial charge in [-0.3, -0.25) is 9.69 Å². The van der Waals surface area contributed by atoms with Crippen molar-refractivity contribution in [2.45, 2.75) is 19.9 Å². The van der Waals surface area contributed by atoms with Gasteiger partial charge in [-0.15, -0.1) is 21.5 Å². The van der Waals surface area contributed by atoms with Crippen molar-refractivity contribution in [3.05, 3.63) is 47.7 Å². The van der Waals surface area contributed by atoms with E-state index in [2.05, 4.69) is 27.3 Å². The molecule has 164 valence electrons. The van der Waals surface area contributed by atoms with Crippen LogP contribution in [0.4, 0.5) is 11.4 Å². The number of thiophene rings is 1. The minimum absolute atomic E-state index is 0.0643. The van der Waals surface area contributed by atoms with Crippen molar-refractivity contribution < 1.29 is 13.9 Å². The summed E-state index contributed by atoms with van der Waals surface area (Å²) in [6.45, 7) is 6.83. The van der Waals surface area contributed by atoms with Gasteiger partial charge < -0.3 is 19.4 Å². The zero-order valence-electron chi connectivity index (χ0n) is 17.6. The van der Waals surface area contributed by atoms with E-state index in [0.29, 0.717) is 18.3 Å². The van der Waals surface area contributed by atoms with E-state index in [1.54, 1.807) is 11.3 Å². The van der Waals surface area contributed by atoms with E-state index in [1.807, 2.05) is 46.7 Å². The zero-order chi connectivity index (χ0) is 21.5. The molecule has 8 nitrogen and oxygen atoms in total. The van der Waals surface area contributed by atoms with Crippen LogP contribution in [0, 0.1) is 0 Å². The lowest BCUT2D eigenvalue weighted by atomic mass is 10.2. The maximum atomic E-state index is 12.6. The Hall–Kier alpha value is -2.75. The summed E-state index contributed by atoms with van der Waals surface area (Å²) < 4.78 is 11.2. The van der Waals surface area contributed by atoms with Gasteiger partial charge in [-0.25, -0.2) is 0 Å². The normalized spacial score (nSPS) is 14.2. The molecule has 0 aliphatic carbocycles. The molecule has 1 amide bonds. The molecule has 1 aliphatic rings. The Labute approximate surface area is 185 Å². The lowest BCUT2D eigenvalue weighted by Gasteiger charge is -2.29. The van der Waals surface area contributed by atoms with Gasteiger partial charge in [-0.2, -0.15) is 0 Å². The van der Waals surface area contributed by atoms with Crippen LogP contribution in [-0.2, 0) is 16.1 Å². The molecule has 31 heavy (non-hydrogen) atoms. The number of carbonyl (C=O) groups is 1. The minimum atomic E-state index is -0.0643. The Bertz CT molecular complexity index is 952. The van der Waals surface area contributed by atoms with Gasteiger partial charge in [-0.05, 0) is 48.7 Å². The molecule has 1 N–H and O–H groups in total. The maximum Gasteiger partial charge on any atom is 0.257 e. The van der Waals surface area contributed by atoms with Crippen molar-refractivity contribution in [2.24, 2.45) is 0 Å². The average Bonchev–Trinajstić information content (AvgIpc) is 3.47. The van der Waals surface area contributed by atoms with Crippen LogP contribution in [-0.4, -0.2) is 60.4 Å². The third kappa shape index (κ3) is 5.90. The first-order chi connectivity index (χ1) is 15.2. The molecular formula is C22H27N5O3S. The van der Waals surface area contributed by atoms with Crippen molar-refractivity contribution >= 4 is 28.6 Å². The maximum absolute atomic E-state index is 12.6. The van der Waals surface area contributed by atoms with E-state index >= 15 is 0 Å². The standard InChI is InChI=1S/C22H27N5O3S/c1-2-9-26(16-21-24-25-22(30-21)19-4-3-14-31-19)15-20(28)23-17-5-7-18(8-6-17)27-10-12-29-13-11-27/h3-8,14H,2,9-13,15-16H2,1H3,(H,23,28). The van der Waals surface area contributed by atoms with Crippen LogP contribution in [0.1, 0.15) is 19.2 Å². The summed E-state index contributed by atoms with van der Waals surface area (Å²) >= 11 is 1.56. The number of amides is 1. The molecule has 3 aromatic rings. The van der Waals surface area contributed by atoms with E-state index < -0.39 is 0 Å². The minimum Gasteiger partial charge on any atom is -0.419 e. The molecule has 0 bridgehead atoms. The van der Waals surface area contributed by atoms with E-state index in [4.69, 9.17) is 9.15 Å². The fourth-order valence-corrected chi connectivity index (χ4v) is 4.16. The molecule has 0 saturated carbocycles. The Morgan fingerprint density at radius 2 is 2.00 bits per heavy atom.